The molecule has 1 unspecified atom stereocenters. The zero-order valence-electron chi connectivity index (χ0n) is 15.3. The second kappa shape index (κ2) is 9.69. The van der Waals surface area contributed by atoms with Gasteiger partial charge in [-0.15, -0.1) is 0 Å². The van der Waals surface area contributed by atoms with Crippen LogP contribution in [0.5, 0.6) is 0 Å². The zero-order chi connectivity index (χ0) is 20.0. The van der Waals surface area contributed by atoms with Gasteiger partial charge in [0.05, 0.1) is 0 Å². The minimum absolute atomic E-state index is 0.0694. The molecule has 8 heteroatoms. The molecule has 1 aliphatic rings. The molecule has 1 aromatic rings. The Balaban J connectivity index is 1.93. The lowest BCUT2D eigenvalue weighted by Gasteiger charge is -2.38. The lowest BCUT2D eigenvalue weighted by atomic mass is 9.68. The molecule has 0 heterocycles. The van der Waals surface area contributed by atoms with E-state index in [-0.39, 0.29) is 30.4 Å². The summed E-state index contributed by atoms with van der Waals surface area (Å²) < 4.78 is 0. The Morgan fingerprint density at radius 2 is 1.70 bits per heavy atom. The number of rotatable bonds is 9. The van der Waals surface area contributed by atoms with Crippen molar-refractivity contribution in [3.8, 4) is 0 Å². The molecule has 0 aliphatic heterocycles. The van der Waals surface area contributed by atoms with Crippen LogP contribution >= 0.6 is 11.6 Å². The summed E-state index contributed by atoms with van der Waals surface area (Å²) >= 11 is 5.86. The van der Waals surface area contributed by atoms with Crippen LogP contribution in [0.3, 0.4) is 0 Å². The first kappa shape index (κ1) is 21.9. The number of Topliss-reactive ketones (excluding diaryl/α,β-unsaturated/α-hetero) is 1. The highest BCUT2D eigenvalue weighted by molar-refractivity contribution is 6.40. The summed E-state index contributed by atoms with van der Waals surface area (Å²) in [7, 11) is -1.38. The van der Waals surface area contributed by atoms with Crippen molar-refractivity contribution in [3.63, 3.8) is 0 Å². The molecule has 1 saturated carbocycles. The van der Waals surface area contributed by atoms with Crippen LogP contribution in [0.25, 0.3) is 0 Å². The maximum atomic E-state index is 12.6. The van der Waals surface area contributed by atoms with E-state index in [2.05, 4.69) is 0 Å². The topological polar surface area (TPSA) is 121 Å². The predicted octanol–water partition coefficient (Wildman–Crippen LogP) is 2.75. The molecule has 1 fully saturated rings. The van der Waals surface area contributed by atoms with Gasteiger partial charge in [-0.05, 0) is 68.6 Å². The molecule has 0 radical (unpaired) electrons. The summed E-state index contributed by atoms with van der Waals surface area (Å²) in [6, 6.07) is 6.83. The molecule has 27 heavy (non-hydrogen) atoms. The van der Waals surface area contributed by atoms with Gasteiger partial charge in [0.1, 0.15) is 5.54 Å². The smallest absolute Gasteiger partial charge is 0.451 e. The van der Waals surface area contributed by atoms with Crippen molar-refractivity contribution in [2.24, 2.45) is 17.6 Å². The lowest BCUT2D eigenvalue weighted by molar-refractivity contribution is -0.146. The van der Waals surface area contributed by atoms with E-state index >= 15 is 0 Å². The number of ketones is 1. The van der Waals surface area contributed by atoms with Gasteiger partial charge < -0.3 is 20.9 Å². The number of carboxylic acids is 1. The second-order valence-corrected chi connectivity index (χ2v) is 7.93. The number of hydrogen-bond donors (Lipinski definition) is 4. The second-order valence-electron chi connectivity index (χ2n) is 7.49. The van der Waals surface area contributed by atoms with Crippen molar-refractivity contribution < 1.29 is 24.7 Å². The molecular weight excluding hydrogens is 368 g/mol. The summed E-state index contributed by atoms with van der Waals surface area (Å²) in [5.41, 5.74) is 5.55. The van der Waals surface area contributed by atoms with Crippen LogP contribution in [0.15, 0.2) is 24.3 Å². The monoisotopic (exact) mass is 395 g/mol. The minimum Gasteiger partial charge on any atom is -0.480 e. The van der Waals surface area contributed by atoms with Crippen LogP contribution in [0.2, 0.25) is 11.3 Å². The van der Waals surface area contributed by atoms with Crippen LogP contribution < -0.4 is 5.73 Å². The van der Waals surface area contributed by atoms with Crippen molar-refractivity contribution in [2.45, 2.75) is 56.8 Å². The zero-order valence-corrected chi connectivity index (χ0v) is 16.1. The van der Waals surface area contributed by atoms with Gasteiger partial charge in [-0.25, -0.2) is 0 Å². The number of carbonyl (C=O) groups excluding carboxylic acids is 1. The van der Waals surface area contributed by atoms with E-state index in [1.54, 1.807) is 24.3 Å². The van der Waals surface area contributed by atoms with Crippen LogP contribution in [-0.4, -0.2) is 39.6 Å². The van der Waals surface area contributed by atoms with Crippen LogP contribution in [0.4, 0.5) is 0 Å². The van der Waals surface area contributed by atoms with Gasteiger partial charge in [-0.3, -0.25) is 9.59 Å². The minimum atomic E-state index is -1.38. The third-order valence-corrected chi connectivity index (χ3v) is 5.91. The summed E-state index contributed by atoms with van der Waals surface area (Å²) in [4.78, 5) is 24.5. The SMILES string of the molecule is NC(CCCCB(O)O)(C(=O)O)C1CCC(C(=O)c2ccc(Cl)cc2)CC1. The number of carboxylic acid groups (broad SMARTS) is 1. The van der Waals surface area contributed by atoms with E-state index < -0.39 is 18.6 Å². The first-order valence-corrected chi connectivity index (χ1v) is 9.80. The standard InChI is InChI=1S/C19H27BClNO5/c21-16-9-5-14(6-10-16)17(23)13-3-7-15(8-4-13)19(22,18(24)25)11-1-2-12-20(26)27/h5-6,9-10,13,15,26-27H,1-4,7-8,11-12,22H2,(H,24,25). The average molecular weight is 396 g/mol. The number of hydrogen-bond acceptors (Lipinski definition) is 5. The molecule has 0 spiro atoms. The molecular formula is C19H27BClNO5. The van der Waals surface area contributed by atoms with Gasteiger partial charge in [0, 0.05) is 16.5 Å². The Morgan fingerprint density at radius 1 is 1.11 bits per heavy atom. The van der Waals surface area contributed by atoms with Gasteiger partial charge in [-0.2, -0.15) is 0 Å². The maximum Gasteiger partial charge on any atom is 0.451 e. The summed E-state index contributed by atoms with van der Waals surface area (Å²) in [5.74, 6) is -1.27. The molecule has 5 N–H and O–H groups in total. The fourth-order valence-corrected chi connectivity index (χ4v) is 4.08. The van der Waals surface area contributed by atoms with E-state index in [1.807, 2.05) is 0 Å². The third kappa shape index (κ3) is 5.78. The van der Waals surface area contributed by atoms with Crippen LogP contribution in [0, 0.1) is 11.8 Å². The van der Waals surface area contributed by atoms with E-state index in [0.29, 0.717) is 49.1 Å². The molecule has 1 aromatic carbocycles. The third-order valence-electron chi connectivity index (χ3n) is 5.66. The van der Waals surface area contributed by atoms with Gasteiger partial charge in [0.25, 0.3) is 0 Å². The summed E-state index contributed by atoms with van der Waals surface area (Å²) in [6.07, 6.45) is 3.94. The quantitative estimate of drug-likeness (QED) is 0.290. The molecule has 2 rings (SSSR count). The van der Waals surface area contributed by atoms with E-state index in [0.717, 1.165) is 0 Å². The average Bonchev–Trinajstić information content (AvgIpc) is 2.65. The fraction of sp³-hybridized carbons (Fsp3) is 0.579. The van der Waals surface area contributed by atoms with E-state index in [4.69, 9.17) is 27.4 Å². The van der Waals surface area contributed by atoms with Gasteiger partial charge >= 0.3 is 13.1 Å². The van der Waals surface area contributed by atoms with E-state index in [1.165, 1.54) is 0 Å². The van der Waals surface area contributed by atoms with Crippen molar-refractivity contribution in [1.82, 2.24) is 0 Å². The number of unbranched alkanes of at least 4 members (excludes halogenated alkanes) is 1. The van der Waals surface area contributed by atoms with Crippen LogP contribution in [0.1, 0.15) is 55.3 Å². The van der Waals surface area contributed by atoms with Crippen molar-refractivity contribution in [1.29, 1.82) is 0 Å². The highest BCUT2D eigenvalue weighted by Gasteiger charge is 2.44. The number of nitrogens with two attached hydrogens (primary N) is 1. The highest BCUT2D eigenvalue weighted by Crippen LogP contribution is 2.38. The Hall–Kier alpha value is -1.41. The molecule has 148 valence electrons. The first-order chi connectivity index (χ1) is 12.7. The number of halogens is 1. The van der Waals surface area contributed by atoms with Crippen molar-refractivity contribution >= 4 is 30.5 Å². The lowest BCUT2D eigenvalue weighted by Crippen LogP contribution is -2.55. The molecule has 0 saturated heterocycles. The Morgan fingerprint density at radius 3 is 2.22 bits per heavy atom. The highest BCUT2D eigenvalue weighted by atomic mass is 35.5. The number of carbonyl (C=O) groups is 2. The number of benzene rings is 1. The fourth-order valence-electron chi connectivity index (χ4n) is 3.95. The Kier molecular flexibility index (Phi) is 7.85. The van der Waals surface area contributed by atoms with E-state index in [9.17, 15) is 14.7 Å². The molecule has 0 amide bonds. The summed E-state index contributed by atoms with van der Waals surface area (Å²) in [6.45, 7) is 0. The maximum absolute atomic E-state index is 12.6. The number of aliphatic carboxylic acids is 1. The Labute approximate surface area is 164 Å². The molecule has 0 aromatic heterocycles. The summed E-state index contributed by atoms with van der Waals surface area (Å²) in [5, 5.41) is 28.0. The Bertz CT molecular complexity index is 646. The molecule has 1 atom stereocenters. The van der Waals surface area contributed by atoms with Gasteiger partial charge in [0.15, 0.2) is 5.78 Å². The molecule has 6 nitrogen and oxygen atoms in total. The molecule has 0 bridgehead atoms. The van der Waals surface area contributed by atoms with Gasteiger partial charge in [-0.1, -0.05) is 24.4 Å². The van der Waals surface area contributed by atoms with Gasteiger partial charge in [0.2, 0.25) is 0 Å². The molecule has 1 aliphatic carbocycles. The normalized spacial score (nSPS) is 22.1. The largest absolute Gasteiger partial charge is 0.480 e. The first-order valence-electron chi connectivity index (χ1n) is 9.42. The van der Waals surface area contributed by atoms with Crippen LogP contribution in [-0.2, 0) is 4.79 Å². The predicted molar refractivity (Wildman–Crippen MR) is 105 cm³/mol. The van der Waals surface area contributed by atoms with Crippen molar-refractivity contribution in [2.75, 3.05) is 0 Å². The van der Waals surface area contributed by atoms with Crippen molar-refractivity contribution in [3.05, 3.63) is 34.9 Å².